The van der Waals surface area contributed by atoms with E-state index in [1.807, 2.05) is 13.8 Å². The van der Waals surface area contributed by atoms with Crippen molar-refractivity contribution in [3.05, 3.63) is 11.1 Å². The van der Waals surface area contributed by atoms with Crippen molar-refractivity contribution in [2.75, 3.05) is 6.61 Å². The smallest absolute Gasteiger partial charge is 0.333 e. The Balaban J connectivity index is 2.19. The summed E-state index contributed by atoms with van der Waals surface area (Å²) < 4.78 is 5.17. The van der Waals surface area contributed by atoms with E-state index in [4.69, 9.17) is 4.74 Å². The summed E-state index contributed by atoms with van der Waals surface area (Å²) in [6, 6.07) is 0. The molecular formula is C18H30O2. The molecule has 0 heterocycles. The average molecular weight is 278 g/mol. The number of esters is 1. The van der Waals surface area contributed by atoms with Crippen LogP contribution in [0.1, 0.15) is 66.7 Å². The fraction of sp³-hybridized carbons (Fsp3) is 0.833. The Labute approximate surface area is 124 Å². The Hall–Kier alpha value is -0.790. The maximum Gasteiger partial charge on any atom is 0.333 e. The molecule has 0 aromatic carbocycles. The van der Waals surface area contributed by atoms with Gasteiger partial charge >= 0.3 is 5.97 Å². The van der Waals surface area contributed by atoms with E-state index in [2.05, 4.69) is 20.8 Å². The van der Waals surface area contributed by atoms with Crippen molar-refractivity contribution in [1.29, 1.82) is 0 Å². The van der Waals surface area contributed by atoms with Gasteiger partial charge in [0.25, 0.3) is 0 Å². The molecule has 0 radical (unpaired) electrons. The van der Waals surface area contributed by atoms with Gasteiger partial charge in [-0.15, -0.1) is 0 Å². The molecule has 2 aliphatic rings. The van der Waals surface area contributed by atoms with E-state index in [9.17, 15) is 4.79 Å². The van der Waals surface area contributed by atoms with E-state index in [1.165, 1.54) is 24.8 Å². The summed E-state index contributed by atoms with van der Waals surface area (Å²) in [6.45, 7) is 11.5. The van der Waals surface area contributed by atoms with Gasteiger partial charge in [-0.25, -0.2) is 4.79 Å². The van der Waals surface area contributed by atoms with Gasteiger partial charge in [0, 0.05) is 5.57 Å². The van der Waals surface area contributed by atoms with E-state index < -0.39 is 0 Å². The first-order chi connectivity index (χ1) is 9.37. The Kier molecular flexibility index (Phi) is 4.61. The van der Waals surface area contributed by atoms with Gasteiger partial charge < -0.3 is 4.74 Å². The van der Waals surface area contributed by atoms with Crippen molar-refractivity contribution in [1.82, 2.24) is 0 Å². The van der Waals surface area contributed by atoms with Crippen molar-refractivity contribution in [3.8, 4) is 0 Å². The summed E-state index contributed by atoms with van der Waals surface area (Å²) in [6.07, 6.45) is 6.20. The number of ether oxygens (including phenoxy) is 1. The highest BCUT2D eigenvalue weighted by Gasteiger charge is 2.45. The molecule has 0 unspecified atom stereocenters. The standard InChI is InChI=1S/C18H30O2/c1-6-20-17(19)13(3)15-10-9-14-8-7-12(2)18(4,5)16(14)11-15/h12,14,16H,6-11H2,1-5H3/b15-13-/t12-,14+,16+/m1/s1. The van der Waals surface area contributed by atoms with Crippen LogP contribution in [-0.2, 0) is 9.53 Å². The molecule has 2 heteroatoms. The second kappa shape index (κ2) is 5.91. The summed E-state index contributed by atoms with van der Waals surface area (Å²) in [7, 11) is 0. The van der Waals surface area contributed by atoms with Crippen LogP contribution in [0.2, 0.25) is 0 Å². The van der Waals surface area contributed by atoms with Crippen LogP contribution >= 0.6 is 0 Å². The van der Waals surface area contributed by atoms with Crippen LogP contribution in [0, 0.1) is 23.2 Å². The first kappa shape index (κ1) is 15.6. The largest absolute Gasteiger partial charge is 0.463 e. The fourth-order valence-corrected chi connectivity index (χ4v) is 4.24. The Morgan fingerprint density at radius 2 is 2.00 bits per heavy atom. The molecule has 20 heavy (non-hydrogen) atoms. The van der Waals surface area contributed by atoms with Crippen molar-refractivity contribution in [3.63, 3.8) is 0 Å². The maximum atomic E-state index is 11.9. The van der Waals surface area contributed by atoms with Crippen LogP contribution in [0.5, 0.6) is 0 Å². The van der Waals surface area contributed by atoms with Gasteiger partial charge in [-0.3, -0.25) is 0 Å². The summed E-state index contributed by atoms with van der Waals surface area (Å²) in [5, 5.41) is 0. The first-order valence-corrected chi connectivity index (χ1v) is 8.23. The average Bonchev–Trinajstić information content (AvgIpc) is 2.42. The van der Waals surface area contributed by atoms with Crippen molar-refractivity contribution in [2.24, 2.45) is 23.2 Å². The fourth-order valence-electron chi connectivity index (χ4n) is 4.24. The molecule has 3 atom stereocenters. The molecule has 0 aliphatic heterocycles. The van der Waals surface area contributed by atoms with Gasteiger partial charge in [0.05, 0.1) is 6.61 Å². The molecule has 0 spiro atoms. The predicted molar refractivity (Wildman–Crippen MR) is 82.3 cm³/mol. The molecule has 114 valence electrons. The van der Waals surface area contributed by atoms with Crippen molar-refractivity contribution in [2.45, 2.75) is 66.7 Å². The lowest BCUT2D eigenvalue weighted by Crippen LogP contribution is -2.42. The van der Waals surface area contributed by atoms with Crippen LogP contribution in [-0.4, -0.2) is 12.6 Å². The van der Waals surface area contributed by atoms with E-state index in [0.29, 0.717) is 12.0 Å². The van der Waals surface area contributed by atoms with Gasteiger partial charge in [0.2, 0.25) is 0 Å². The Bertz CT molecular complexity index is 406. The highest BCUT2D eigenvalue weighted by Crippen LogP contribution is 2.54. The number of carbonyl (C=O) groups excluding carboxylic acids is 1. The number of rotatable bonds is 2. The molecule has 0 saturated heterocycles. The first-order valence-electron chi connectivity index (χ1n) is 8.23. The van der Waals surface area contributed by atoms with Gasteiger partial charge in [-0.05, 0) is 69.1 Å². The predicted octanol–water partition coefficient (Wildman–Crippen LogP) is 4.74. The SMILES string of the molecule is CCOC(=O)/C(C)=C1/CC[C@@H]2CC[C@@H](C)C(C)(C)[C@H]2C1. The highest BCUT2D eigenvalue weighted by molar-refractivity contribution is 5.88. The minimum Gasteiger partial charge on any atom is -0.463 e. The molecule has 0 amide bonds. The summed E-state index contributed by atoms with van der Waals surface area (Å²) in [4.78, 5) is 11.9. The topological polar surface area (TPSA) is 26.3 Å². The number of carbonyl (C=O) groups is 1. The number of fused-ring (bicyclic) bond motifs is 1. The second-order valence-corrected chi connectivity index (χ2v) is 7.36. The number of hydrogen-bond acceptors (Lipinski definition) is 2. The van der Waals surface area contributed by atoms with Crippen LogP contribution in [0.3, 0.4) is 0 Å². The van der Waals surface area contributed by atoms with E-state index in [-0.39, 0.29) is 5.97 Å². The van der Waals surface area contributed by atoms with Gasteiger partial charge in [-0.1, -0.05) is 26.3 Å². The molecule has 2 fully saturated rings. The Morgan fingerprint density at radius 3 is 2.65 bits per heavy atom. The van der Waals surface area contributed by atoms with Crippen LogP contribution < -0.4 is 0 Å². The zero-order chi connectivity index (χ0) is 14.9. The minimum absolute atomic E-state index is 0.109. The van der Waals surface area contributed by atoms with E-state index in [0.717, 1.165) is 36.2 Å². The number of allylic oxidation sites excluding steroid dienone is 1. The third-order valence-corrected chi connectivity index (χ3v) is 6.16. The molecular weight excluding hydrogens is 248 g/mol. The molecule has 0 aromatic heterocycles. The van der Waals surface area contributed by atoms with Gasteiger partial charge in [0.1, 0.15) is 0 Å². The third-order valence-electron chi connectivity index (χ3n) is 6.16. The monoisotopic (exact) mass is 278 g/mol. The zero-order valence-corrected chi connectivity index (χ0v) is 13.8. The quantitative estimate of drug-likeness (QED) is 0.539. The molecule has 2 aliphatic carbocycles. The van der Waals surface area contributed by atoms with Gasteiger partial charge in [0.15, 0.2) is 0 Å². The zero-order valence-electron chi connectivity index (χ0n) is 13.8. The lowest BCUT2D eigenvalue weighted by molar-refractivity contribution is -0.138. The maximum absolute atomic E-state index is 11.9. The molecule has 2 nitrogen and oxygen atoms in total. The van der Waals surface area contributed by atoms with Crippen molar-refractivity contribution < 1.29 is 9.53 Å². The van der Waals surface area contributed by atoms with Crippen LogP contribution in [0.15, 0.2) is 11.1 Å². The number of hydrogen-bond donors (Lipinski definition) is 0. The minimum atomic E-state index is -0.109. The summed E-state index contributed by atoms with van der Waals surface area (Å²) in [5.41, 5.74) is 2.62. The summed E-state index contributed by atoms with van der Waals surface area (Å²) in [5.74, 6) is 2.27. The molecule has 0 bridgehead atoms. The lowest BCUT2D eigenvalue weighted by Gasteiger charge is -2.51. The van der Waals surface area contributed by atoms with Gasteiger partial charge in [-0.2, -0.15) is 0 Å². The second-order valence-electron chi connectivity index (χ2n) is 7.36. The van der Waals surface area contributed by atoms with E-state index >= 15 is 0 Å². The molecule has 2 saturated carbocycles. The van der Waals surface area contributed by atoms with E-state index in [1.54, 1.807) is 0 Å². The highest BCUT2D eigenvalue weighted by atomic mass is 16.5. The van der Waals surface area contributed by atoms with Crippen LogP contribution in [0.25, 0.3) is 0 Å². The van der Waals surface area contributed by atoms with Crippen LogP contribution in [0.4, 0.5) is 0 Å². The molecule has 2 rings (SSSR count). The normalized spacial score (nSPS) is 35.1. The lowest BCUT2D eigenvalue weighted by atomic mass is 9.54. The summed E-state index contributed by atoms with van der Waals surface area (Å²) >= 11 is 0. The molecule has 0 N–H and O–H groups in total. The molecule has 0 aromatic rings. The third kappa shape index (κ3) is 2.80. The Morgan fingerprint density at radius 1 is 1.30 bits per heavy atom. The van der Waals surface area contributed by atoms with Crippen molar-refractivity contribution >= 4 is 5.97 Å².